The highest BCUT2D eigenvalue weighted by atomic mass is 16.1. The molecular formula is C16H27NO. The molecule has 102 valence electrons. The Morgan fingerprint density at radius 1 is 1.17 bits per heavy atom. The van der Waals surface area contributed by atoms with Crippen LogP contribution in [0.4, 0.5) is 0 Å². The highest BCUT2D eigenvalue weighted by molar-refractivity contribution is 5.89. The maximum atomic E-state index is 12.7. The number of rotatable bonds is 1. The molecule has 0 aromatic heterocycles. The van der Waals surface area contributed by atoms with Gasteiger partial charge in [0.1, 0.15) is 0 Å². The molecule has 0 aromatic rings. The number of hydrogen-bond acceptors (Lipinski definition) is 2. The molecule has 2 aliphatic rings. The SMILES string of the molecule is CC(C)(C)C(=O)C1CC2C=CCC2N1C(C)(C)C. The van der Waals surface area contributed by atoms with Crippen molar-refractivity contribution in [3.05, 3.63) is 12.2 Å². The summed E-state index contributed by atoms with van der Waals surface area (Å²) in [6.07, 6.45) is 6.72. The third-order valence-corrected chi connectivity index (χ3v) is 4.26. The van der Waals surface area contributed by atoms with E-state index >= 15 is 0 Å². The first-order valence-electron chi connectivity index (χ1n) is 7.12. The second kappa shape index (κ2) is 4.19. The smallest absolute Gasteiger partial charge is 0.155 e. The van der Waals surface area contributed by atoms with Crippen molar-refractivity contribution >= 4 is 5.78 Å². The van der Waals surface area contributed by atoms with E-state index in [0.29, 0.717) is 17.7 Å². The predicted molar refractivity (Wildman–Crippen MR) is 75.5 cm³/mol. The molecule has 0 aromatic carbocycles. The number of ketones is 1. The summed E-state index contributed by atoms with van der Waals surface area (Å²) in [4.78, 5) is 15.2. The average molecular weight is 249 g/mol. The molecule has 2 rings (SSSR count). The van der Waals surface area contributed by atoms with Crippen LogP contribution in [0.5, 0.6) is 0 Å². The first-order valence-corrected chi connectivity index (χ1v) is 7.12. The largest absolute Gasteiger partial charge is 0.297 e. The zero-order chi connectivity index (χ0) is 13.7. The number of carbonyl (C=O) groups is 1. The number of fused-ring (bicyclic) bond motifs is 1. The summed E-state index contributed by atoms with van der Waals surface area (Å²) in [6, 6.07) is 0.645. The molecule has 1 fully saturated rings. The minimum Gasteiger partial charge on any atom is -0.297 e. The van der Waals surface area contributed by atoms with Crippen LogP contribution in [0.25, 0.3) is 0 Å². The molecule has 0 N–H and O–H groups in total. The Hall–Kier alpha value is -0.630. The second-order valence-electron chi connectivity index (χ2n) is 7.84. The molecule has 18 heavy (non-hydrogen) atoms. The van der Waals surface area contributed by atoms with Crippen molar-refractivity contribution in [3.8, 4) is 0 Å². The maximum Gasteiger partial charge on any atom is 0.155 e. The van der Waals surface area contributed by atoms with Gasteiger partial charge in [0.05, 0.1) is 6.04 Å². The topological polar surface area (TPSA) is 20.3 Å². The van der Waals surface area contributed by atoms with Gasteiger partial charge in [0, 0.05) is 17.0 Å². The number of nitrogens with zero attached hydrogens (tertiary/aromatic N) is 1. The van der Waals surface area contributed by atoms with E-state index in [2.05, 4.69) is 37.8 Å². The molecule has 2 nitrogen and oxygen atoms in total. The van der Waals surface area contributed by atoms with E-state index in [1.54, 1.807) is 0 Å². The van der Waals surface area contributed by atoms with Gasteiger partial charge in [-0.25, -0.2) is 0 Å². The zero-order valence-corrected chi connectivity index (χ0v) is 12.7. The second-order valence-corrected chi connectivity index (χ2v) is 7.84. The van der Waals surface area contributed by atoms with Gasteiger partial charge in [0.2, 0.25) is 0 Å². The van der Waals surface area contributed by atoms with Crippen molar-refractivity contribution in [1.82, 2.24) is 4.90 Å². The molecule has 0 amide bonds. The van der Waals surface area contributed by atoms with E-state index in [1.807, 2.05) is 20.8 Å². The monoisotopic (exact) mass is 249 g/mol. The third-order valence-electron chi connectivity index (χ3n) is 4.26. The quantitative estimate of drug-likeness (QED) is 0.664. The van der Waals surface area contributed by atoms with Gasteiger partial charge in [-0.3, -0.25) is 9.69 Å². The maximum absolute atomic E-state index is 12.7. The van der Waals surface area contributed by atoms with Gasteiger partial charge in [-0.05, 0) is 39.5 Å². The molecule has 1 heterocycles. The summed E-state index contributed by atoms with van der Waals surface area (Å²) in [5.41, 5.74) is -0.173. The Kier molecular flexibility index (Phi) is 3.21. The normalized spacial score (nSPS) is 32.9. The molecule has 2 heteroatoms. The van der Waals surface area contributed by atoms with Gasteiger partial charge < -0.3 is 0 Å². The minimum atomic E-state index is -0.240. The van der Waals surface area contributed by atoms with Crippen molar-refractivity contribution in [3.63, 3.8) is 0 Å². The molecule has 0 bridgehead atoms. The lowest BCUT2D eigenvalue weighted by atomic mass is 9.84. The van der Waals surface area contributed by atoms with Crippen LogP contribution >= 0.6 is 0 Å². The third kappa shape index (κ3) is 2.27. The summed E-state index contributed by atoms with van der Waals surface area (Å²) in [6.45, 7) is 12.8. The summed E-state index contributed by atoms with van der Waals surface area (Å²) in [7, 11) is 0. The molecule has 0 spiro atoms. The fourth-order valence-corrected chi connectivity index (χ4v) is 3.55. The Balaban J connectivity index is 2.30. The molecule has 0 saturated carbocycles. The summed E-state index contributed by atoms with van der Waals surface area (Å²) >= 11 is 0. The Morgan fingerprint density at radius 3 is 2.28 bits per heavy atom. The number of likely N-dealkylation sites (tertiary alicyclic amines) is 1. The first kappa shape index (κ1) is 13.8. The first-order chi connectivity index (χ1) is 8.12. The predicted octanol–water partition coefficient (Wildman–Crippen LogP) is 3.42. The standard InChI is InChI=1S/C16H27NO/c1-15(2,3)14(18)13-10-11-8-7-9-12(11)17(13)16(4,5)6/h7-8,11-13H,9-10H2,1-6H3. The van der Waals surface area contributed by atoms with E-state index in [4.69, 9.17) is 0 Å². The lowest BCUT2D eigenvalue weighted by molar-refractivity contribution is -0.133. The molecule has 1 saturated heterocycles. The average Bonchev–Trinajstić information content (AvgIpc) is 2.70. The van der Waals surface area contributed by atoms with Gasteiger partial charge in [0.15, 0.2) is 5.78 Å². The van der Waals surface area contributed by atoms with Crippen LogP contribution in [-0.2, 0) is 4.79 Å². The summed E-state index contributed by atoms with van der Waals surface area (Å²) in [5.74, 6) is 0.987. The van der Waals surface area contributed by atoms with Crippen LogP contribution in [0.3, 0.4) is 0 Å². The highest BCUT2D eigenvalue weighted by Gasteiger charge is 2.50. The van der Waals surface area contributed by atoms with Gasteiger partial charge in [-0.15, -0.1) is 0 Å². The summed E-state index contributed by atoms with van der Waals surface area (Å²) in [5, 5.41) is 0. The van der Waals surface area contributed by atoms with Crippen molar-refractivity contribution in [1.29, 1.82) is 0 Å². The summed E-state index contributed by atoms with van der Waals surface area (Å²) < 4.78 is 0. The van der Waals surface area contributed by atoms with E-state index in [0.717, 1.165) is 12.8 Å². The zero-order valence-electron chi connectivity index (χ0n) is 12.7. The van der Waals surface area contributed by atoms with Gasteiger partial charge in [-0.2, -0.15) is 0 Å². The van der Waals surface area contributed by atoms with Crippen LogP contribution < -0.4 is 0 Å². The Bertz CT molecular complexity index is 370. The molecule has 0 radical (unpaired) electrons. The lowest BCUT2D eigenvalue weighted by Gasteiger charge is -2.42. The molecule has 3 atom stereocenters. The van der Waals surface area contributed by atoms with Gasteiger partial charge in [-0.1, -0.05) is 32.9 Å². The van der Waals surface area contributed by atoms with E-state index in [1.165, 1.54) is 0 Å². The van der Waals surface area contributed by atoms with Crippen molar-refractivity contribution in [2.75, 3.05) is 0 Å². The molecule has 1 aliphatic carbocycles. The number of Topliss-reactive ketones (excluding diaryl/α,β-unsaturated/α-hetero) is 1. The van der Waals surface area contributed by atoms with Gasteiger partial charge in [0.25, 0.3) is 0 Å². The van der Waals surface area contributed by atoms with Crippen LogP contribution in [0.15, 0.2) is 12.2 Å². The van der Waals surface area contributed by atoms with Crippen LogP contribution in [0.1, 0.15) is 54.4 Å². The number of carbonyl (C=O) groups excluding carboxylic acids is 1. The van der Waals surface area contributed by atoms with Crippen LogP contribution in [-0.4, -0.2) is 28.3 Å². The van der Waals surface area contributed by atoms with Crippen LogP contribution in [0, 0.1) is 11.3 Å². The molecule has 1 aliphatic heterocycles. The van der Waals surface area contributed by atoms with Gasteiger partial charge >= 0.3 is 0 Å². The minimum absolute atomic E-state index is 0.0665. The lowest BCUT2D eigenvalue weighted by Crippen LogP contribution is -2.53. The van der Waals surface area contributed by atoms with Crippen molar-refractivity contribution in [2.24, 2.45) is 11.3 Å². The van der Waals surface area contributed by atoms with Crippen LogP contribution in [0.2, 0.25) is 0 Å². The van der Waals surface area contributed by atoms with E-state index in [9.17, 15) is 4.79 Å². The number of hydrogen-bond donors (Lipinski definition) is 0. The fraction of sp³-hybridized carbons (Fsp3) is 0.812. The Morgan fingerprint density at radius 2 is 1.78 bits per heavy atom. The Labute approximate surface area is 111 Å². The van der Waals surface area contributed by atoms with Crippen molar-refractivity contribution in [2.45, 2.75) is 72.0 Å². The van der Waals surface area contributed by atoms with E-state index in [-0.39, 0.29) is 17.0 Å². The highest BCUT2D eigenvalue weighted by Crippen LogP contribution is 2.43. The van der Waals surface area contributed by atoms with Crippen molar-refractivity contribution < 1.29 is 4.79 Å². The van der Waals surface area contributed by atoms with E-state index < -0.39 is 0 Å². The molecular weight excluding hydrogens is 222 g/mol. The molecule has 3 unspecified atom stereocenters. The fourth-order valence-electron chi connectivity index (χ4n) is 3.55.